The van der Waals surface area contributed by atoms with Crippen LogP contribution >= 0.6 is 11.8 Å². The van der Waals surface area contributed by atoms with Gasteiger partial charge in [-0.15, -0.1) is 10.2 Å². The van der Waals surface area contributed by atoms with Crippen molar-refractivity contribution in [3.63, 3.8) is 0 Å². The van der Waals surface area contributed by atoms with Crippen LogP contribution in [0, 0.1) is 0 Å². The van der Waals surface area contributed by atoms with Crippen LogP contribution in [0.15, 0.2) is 70.9 Å². The third-order valence-electron chi connectivity index (χ3n) is 5.78. The second-order valence-corrected chi connectivity index (χ2v) is 9.04. The summed E-state index contributed by atoms with van der Waals surface area (Å²) in [6, 6.07) is 18.4. The molecule has 208 valence electrons. The van der Waals surface area contributed by atoms with Gasteiger partial charge in [-0.1, -0.05) is 11.8 Å². The quantitative estimate of drug-likeness (QED) is 0.154. The lowest BCUT2D eigenvalue weighted by Gasteiger charge is -2.12. The summed E-state index contributed by atoms with van der Waals surface area (Å²) in [5.41, 5.74) is 4.75. The molecule has 1 N–H and O–H groups in total. The van der Waals surface area contributed by atoms with E-state index in [0.717, 1.165) is 22.7 Å². The number of carbonyl (C=O) groups is 1. The van der Waals surface area contributed by atoms with Crippen LogP contribution in [0.1, 0.15) is 5.56 Å². The predicted molar refractivity (Wildman–Crippen MR) is 152 cm³/mol. The van der Waals surface area contributed by atoms with Crippen LogP contribution in [0.3, 0.4) is 0 Å². The van der Waals surface area contributed by atoms with Gasteiger partial charge in [0.25, 0.3) is 5.91 Å². The van der Waals surface area contributed by atoms with Crippen molar-refractivity contribution in [2.24, 2.45) is 5.10 Å². The van der Waals surface area contributed by atoms with E-state index in [1.807, 2.05) is 53.1 Å². The van der Waals surface area contributed by atoms with Gasteiger partial charge in [0.05, 0.1) is 53.1 Å². The Balaban J connectivity index is 1.53. The van der Waals surface area contributed by atoms with Gasteiger partial charge in [-0.2, -0.15) is 5.10 Å². The first-order valence-corrected chi connectivity index (χ1v) is 13.0. The minimum absolute atomic E-state index is 0.0467. The van der Waals surface area contributed by atoms with Gasteiger partial charge in [-0.3, -0.25) is 9.36 Å². The Hall–Kier alpha value is -4.71. The number of hydrogen-bond donors (Lipinski definition) is 1. The number of carbonyl (C=O) groups excluding carboxylic acids is 1. The molecule has 11 nitrogen and oxygen atoms in total. The lowest BCUT2D eigenvalue weighted by molar-refractivity contribution is -0.118. The Bertz CT molecular complexity index is 1450. The number of hydrazone groups is 1. The molecule has 0 fully saturated rings. The summed E-state index contributed by atoms with van der Waals surface area (Å²) >= 11 is 1.23. The minimum Gasteiger partial charge on any atom is -0.497 e. The Morgan fingerprint density at radius 2 is 1.40 bits per heavy atom. The first-order chi connectivity index (χ1) is 19.5. The number of rotatable bonds is 12. The summed E-state index contributed by atoms with van der Waals surface area (Å²) in [6.45, 7) is 0. The first-order valence-electron chi connectivity index (χ1n) is 12.0. The highest BCUT2D eigenvalue weighted by Gasteiger charge is 2.18. The normalized spacial score (nSPS) is 10.8. The minimum atomic E-state index is -0.331. The summed E-state index contributed by atoms with van der Waals surface area (Å²) in [7, 11) is 7.83. The molecule has 0 unspecified atom stereocenters. The average molecular weight is 564 g/mol. The van der Waals surface area contributed by atoms with Gasteiger partial charge >= 0.3 is 0 Å². The van der Waals surface area contributed by atoms with E-state index in [0.29, 0.717) is 33.8 Å². The zero-order valence-electron chi connectivity index (χ0n) is 22.7. The molecule has 4 rings (SSSR count). The molecule has 0 atom stereocenters. The average Bonchev–Trinajstić information content (AvgIpc) is 3.43. The summed E-state index contributed by atoms with van der Waals surface area (Å²) in [6.07, 6.45) is 1.46. The van der Waals surface area contributed by atoms with Crippen LogP contribution in [-0.4, -0.2) is 68.2 Å². The molecular formula is C28H29N5O6S. The van der Waals surface area contributed by atoms with Crippen LogP contribution in [-0.2, 0) is 4.79 Å². The third-order valence-corrected chi connectivity index (χ3v) is 6.71. The molecule has 0 radical (unpaired) electrons. The molecule has 1 aromatic heterocycles. The van der Waals surface area contributed by atoms with Crippen LogP contribution in [0.2, 0.25) is 0 Å². The Morgan fingerprint density at radius 1 is 0.825 bits per heavy atom. The number of thioether (sulfide) groups is 1. The van der Waals surface area contributed by atoms with Crippen molar-refractivity contribution in [1.82, 2.24) is 20.2 Å². The lowest BCUT2D eigenvalue weighted by atomic mass is 10.2. The van der Waals surface area contributed by atoms with Crippen LogP contribution in [0.25, 0.3) is 17.1 Å². The van der Waals surface area contributed by atoms with Crippen molar-refractivity contribution in [2.45, 2.75) is 5.16 Å². The van der Waals surface area contributed by atoms with Crippen LogP contribution in [0.5, 0.6) is 28.7 Å². The van der Waals surface area contributed by atoms with E-state index >= 15 is 0 Å². The summed E-state index contributed by atoms with van der Waals surface area (Å²) in [5, 5.41) is 13.4. The maximum atomic E-state index is 12.7. The Labute approximate surface area is 236 Å². The molecule has 40 heavy (non-hydrogen) atoms. The molecular weight excluding hydrogens is 534 g/mol. The van der Waals surface area contributed by atoms with E-state index in [1.54, 1.807) is 33.5 Å². The molecule has 3 aromatic carbocycles. The monoisotopic (exact) mass is 563 g/mol. The molecule has 0 bridgehead atoms. The van der Waals surface area contributed by atoms with Crippen molar-refractivity contribution in [2.75, 3.05) is 41.3 Å². The van der Waals surface area contributed by atoms with E-state index in [2.05, 4.69) is 20.7 Å². The summed E-state index contributed by atoms with van der Waals surface area (Å²) in [5.74, 6) is 3.34. The van der Waals surface area contributed by atoms with Gasteiger partial charge in [-0.25, -0.2) is 5.43 Å². The fourth-order valence-corrected chi connectivity index (χ4v) is 4.49. The maximum Gasteiger partial charge on any atom is 0.250 e. The van der Waals surface area contributed by atoms with Crippen molar-refractivity contribution in [1.29, 1.82) is 0 Å². The van der Waals surface area contributed by atoms with E-state index in [4.69, 9.17) is 23.7 Å². The molecule has 0 spiro atoms. The van der Waals surface area contributed by atoms with Gasteiger partial charge in [-0.05, 0) is 48.5 Å². The number of aromatic nitrogens is 3. The number of hydrogen-bond acceptors (Lipinski definition) is 10. The topological polar surface area (TPSA) is 118 Å². The number of nitrogens with zero attached hydrogens (tertiary/aromatic N) is 4. The largest absolute Gasteiger partial charge is 0.497 e. The second-order valence-electron chi connectivity index (χ2n) is 8.10. The number of benzene rings is 3. The SMILES string of the molecule is COc1ccc(-c2nnc(SCC(=O)N/N=C/c3c(OC)cc(OC)cc3OC)n2-c2ccc(OC)cc2)cc1. The van der Waals surface area contributed by atoms with E-state index < -0.39 is 0 Å². The van der Waals surface area contributed by atoms with Gasteiger partial charge in [0.1, 0.15) is 28.7 Å². The summed E-state index contributed by atoms with van der Waals surface area (Å²) < 4.78 is 28.5. The van der Waals surface area contributed by atoms with E-state index in [1.165, 1.54) is 32.2 Å². The Kier molecular flexibility index (Phi) is 9.47. The molecule has 1 amide bonds. The zero-order valence-corrected chi connectivity index (χ0v) is 23.5. The van der Waals surface area contributed by atoms with Crippen molar-refractivity contribution in [3.8, 4) is 45.8 Å². The van der Waals surface area contributed by atoms with E-state index in [9.17, 15) is 4.79 Å². The van der Waals surface area contributed by atoms with Gasteiger partial charge in [0.15, 0.2) is 11.0 Å². The predicted octanol–water partition coefficient (Wildman–Crippen LogP) is 4.22. The molecule has 0 saturated carbocycles. The number of nitrogens with one attached hydrogen (secondary N) is 1. The van der Waals surface area contributed by atoms with Gasteiger partial charge in [0, 0.05) is 23.4 Å². The fourth-order valence-electron chi connectivity index (χ4n) is 3.75. The number of ether oxygens (including phenoxy) is 5. The van der Waals surface area contributed by atoms with Crippen molar-refractivity contribution in [3.05, 3.63) is 66.2 Å². The molecule has 4 aromatic rings. The van der Waals surface area contributed by atoms with E-state index in [-0.39, 0.29) is 11.7 Å². The number of amides is 1. The molecule has 0 saturated heterocycles. The number of methoxy groups -OCH3 is 5. The highest BCUT2D eigenvalue weighted by Crippen LogP contribution is 2.33. The standard InChI is InChI=1S/C28H29N5O6S/c1-35-20-10-6-18(7-11-20)27-31-32-28(33(27)19-8-12-21(36-2)13-9-19)40-17-26(34)30-29-16-23-24(38-4)14-22(37-3)15-25(23)39-5/h6-16H,17H2,1-5H3,(H,30,34)/b29-16+. The third kappa shape index (κ3) is 6.46. The van der Waals surface area contributed by atoms with Crippen LogP contribution in [0.4, 0.5) is 0 Å². The fraction of sp³-hybridized carbons (Fsp3) is 0.214. The van der Waals surface area contributed by atoms with Gasteiger partial charge < -0.3 is 23.7 Å². The highest BCUT2D eigenvalue weighted by atomic mass is 32.2. The highest BCUT2D eigenvalue weighted by molar-refractivity contribution is 7.99. The van der Waals surface area contributed by atoms with Crippen molar-refractivity contribution < 1.29 is 28.5 Å². The molecule has 0 aliphatic carbocycles. The van der Waals surface area contributed by atoms with Crippen LogP contribution < -0.4 is 29.1 Å². The Morgan fingerprint density at radius 3 is 1.95 bits per heavy atom. The maximum absolute atomic E-state index is 12.7. The zero-order chi connectivity index (χ0) is 28.5. The lowest BCUT2D eigenvalue weighted by Crippen LogP contribution is -2.20. The van der Waals surface area contributed by atoms with Gasteiger partial charge in [0.2, 0.25) is 0 Å². The molecule has 0 aliphatic heterocycles. The second kappa shape index (κ2) is 13.4. The smallest absolute Gasteiger partial charge is 0.250 e. The van der Waals surface area contributed by atoms with Crippen molar-refractivity contribution >= 4 is 23.9 Å². The molecule has 1 heterocycles. The molecule has 12 heteroatoms. The first kappa shape index (κ1) is 28.3. The molecule has 0 aliphatic rings. The summed E-state index contributed by atoms with van der Waals surface area (Å²) in [4.78, 5) is 12.7.